The number of nitrogens with zero attached hydrogens (tertiary/aromatic N) is 2. The zero-order valence-electron chi connectivity index (χ0n) is 9.66. The third-order valence-electron chi connectivity index (χ3n) is 2.18. The number of hydrogen-bond acceptors (Lipinski definition) is 5. The second-order valence-corrected chi connectivity index (χ2v) is 5.40. The van der Waals surface area contributed by atoms with Crippen LogP contribution in [-0.2, 0) is 10.0 Å². The van der Waals surface area contributed by atoms with Gasteiger partial charge in [-0.25, -0.2) is 13.4 Å². The first-order valence-corrected chi connectivity index (χ1v) is 6.63. The van der Waals surface area contributed by atoms with E-state index in [-0.39, 0.29) is 10.7 Å². The average Bonchev–Trinajstić information content (AvgIpc) is 2.29. The van der Waals surface area contributed by atoms with Gasteiger partial charge in [0, 0.05) is 11.9 Å². The second kappa shape index (κ2) is 4.61. The third-order valence-corrected chi connectivity index (χ3v) is 3.55. The van der Waals surface area contributed by atoms with Crippen LogP contribution in [0.4, 0.5) is 11.5 Å². The number of nitrogen functional groups attached to an aromatic ring is 1. The number of anilines is 2. The van der Waals surface area contributed by atoms with Crippen LogP contribution in [0.1, 0.15) is 5.69 Å². The maximum Gasteiger partial charge on any atom is 0.263 e. The van der Waals surface area contributed by atoms with E-state index in [9.17, 15) is 8.42 Å². The largest absolute Gasteiger partial charge is 0.399 e. The van der Waals surface area contributed by atoms with E-state index in [1.54, 1.807) is 13.1 Å². The lowest BCUT2D eigenvalue weighted by molar-refractivity contribution is 0.601. The van der Waals surface area contributed by atoms with Crippen molar-refractivity contribution < 1.29 is 8.42 Å². The molecule has 1 aromatic carbocycles. The molecule has 0 bridgehead atoms. The standard InChI is InChI=1S/C11H12N4O2S/c1-8-6-13-7-11(14-8)15-18(16,17)10-4-2-9(12)3-5-10/h2-7H,12H2,1H3,(H,14,15). The first-order chi connectivity index (χ1) is 8.47. The summed E-state index contributed by atoms with van der Waals surface area (Å²) in [6.07, 6.45) is 2.89. The summed E-state index contributed by atoms with van der Waals surface area (Å²) in [6.45, 7) is 1.73. The van der Waals surface area contributed by atoms with Crippen molar-refractivity contribution in [3.05, 3.63) is 42.4 Å². The molecule has 0 saturated heterocycles. The lowest BCUT2D eigenvalue weighted by atomic mass is 10.3. The van der Waals surface area contributed by atoms with Gasteiger partial charge < -0.3 is 5.73 Å². The smallest absolute Gasteiger partial charge is 0.263 e. The minimum Gasteiger partial charge on any atom is -0.399 e. The molecule has 0 aliphatic heterocycles. The van der Waals surface area contributed by atoms with Crippen LogP contribution in [0.25, 0.3) is 0 Å². The molecule has 0 saturated carbocycles. The van der Waals surface area contributed by atoms with Gasteiger partial charge in [0.2, 0.25) is 0 Å². The molecular formula is C11H12N4O2S. The van der Waals surface area contributed by atoms with Gasteiger partial charge in [0.05, 0.1) is 16.8 Å². The van der Waals surface area contributed by atoms with E-state index in [4.69, 9.17) is 5.73 Å². The highest BCUT2D eigenvalue weighted by atomic mass is 32.2. The highest BCUT2D eigenvalue weighted by molar-refractivity contribution is 7.92. The Hall–Kier alpha value is -2.15. The summed E-state index contributed by atoms with van der Waals surface area (Å²) in [5, 5.41) is 0. The van der Waals surface area contributed by atoms with Gasteiger partial charge in [0.1, 0.15) is 0 Å². The minimum absolute atomic E-state index is 0.125. The fourth-order valence-electron chi connectivity index (χ4n) is 1.36. The third kappa shape index (κ3) is 2.75. The predicted molar refractivity (Wildman–Crippen MR) is 68.4 cm³/mol. The Morgan fingerprint density at radius 1 is 1.17 bits per heavy atom. The fraction of sp³-hybridized carbons (Fsp3) is 0.0909. The summed E-state index contributed by atoms with van der Waals surface area (Å²) in [5.41, 5.74) is 6.64. The molecule has 6 nitrogen and oxygen atoms in total. The monoisotopic (exact) mass is 264 g/mol. The summed E-state index contributed by atoms with van der Waals surface area (Å²) >= 11 is 0. The fourth-order valence-corrected chi connectivity index (χ4v) is 2.34. The molecule has 3 N–H and O–H groups in total. The number of aryl methyl sites for hydroxylation is 1. The zero-order chi connectivity index (χ0) is 13.2. The number of benzene rings is 1. The topological polar surface area (TPSA) is 98.0 Å². The normalized spacial score (nSPS) is 11.2. The van der Waals surface area contributed by atoms with Crippen molar-refractivity contribution in [2.45, 2.75) is 11.8 Å². The summed E-state index contributed by atoms with van der Waals surface area (Å²) in [5.74, 6) is 0.187. The molecule has 1 aromatic heterocycles. The number of nitrogens with one attached hydrogen (secondary N) is 1. The van der Waals surface area contributed by atoms with Crippen LogP contribution in [0.15, 0.2) is 41.6 Å². The van der Waals surface area contributed by atoms with Crippen LogP contribution in [0, 0.1) is 6.92 Å². The molecule has 1 heterocycles. The average molecular weight is 264 g/mol. The van der Waals surface area contributed by atoms with Crippen LogP contribution in [-0.4, -0.2) is 18.4 Å². The van der Waals surface area contributed by atoms with Gasteiger partial charge in [0.25, 0.3) is 10.0 Å². The van der Waals surface area contributed by atoms with Crippen molar-refractivity contribution in [1.82, 2.24) is 9.97 Å². The molecule has 0 amide bonds. The molecule has 2 aromatic rings. The quantitative estimate of drug-likeness (QED) is 0.811. The molecule has 0 aliphatic carbocycles. The first-order valence-electron chi connectivity index (χ1n) is 5.14. The summed E-state index contributed by atoms with van der Waals surface area (Å²) in [6, 6.07) is 5.91. The van der Waals surface area contributed by atoms with Gasteiger partial charge in [-0.2, -0.15) is 0 Å². The van der Waals surface area contributed by atoms with Crippen LogP contribution >= 0.6 is 0 Å². The maximum atomic E-state index is 12.0. The second-order valence-electron chi connectivity index (χ2n) is 3.72. The van der Waals surface area contributed by atoms with E-state index in [1.807, 2.05) is 0 Å². The molecule has 18 heavy (non-hydrogen) atoms. The summed E-state index contributed by atoms with van der Waals surface area (Å²) in [4.78, 5) is 8.02. The Morgan fingerprint density at radius 2 is 1.83 bits per heavy atom. The van der Waals surface area contributed by atoms with Crippen LogP contribution in [0.3, 0.4) is 0 Å². The minimum atomic E-state index is -3.65. The van der Waals surface area contributed by atoms with Gasteiger partial charge in [-0.1, -0.05) is 0 Å². The zero-order valence-corrected chi connectivity index (χ0v) is 10.5. The van der Waals surface area contributed by atoms with Crippen LogP contribution in [0.5, 0.6) is 0 Å². The number of aromatic nitrogens is 2. The molecule has 0 atom stereocenters. The van der Waals surface area contributed by atoms with Crippen LogP contribution < -0.4 is 10.5 Å². The Bertz CT molecular complexity index is 653. The SMILES string of the molecule is Cc1cncc(NS(=O)(=O)c2ccc(N)cc2)n1. The molecule has 7 heteroatoms. The Kier molecular flexibility index (Phi) is 3.15. The van der Waals surface area contributed by atoms with Crippen molar-refractivity contribution in [2.24, 2.45) is 0 Å². The van der Waals surface area contributed by atoms with E-state index in [1.165, 1.54) is 30.5 Å². The molecule has 2 rings (SSSR count). The van der Waals surface area contributed by atoms with E-state index < -0.39 is 10.0 Å². The molecule has 94 valence electrons. The van der Waals surface area contributed by atoms with Crippen LogP contribution in [0.2, 0.25) is 0 Å². The molecule has 0 aliphatic rings. The highest BCUT2D eigenvalue weighted by Crippen LogP contribution is 2.15. The highest BCUT2D eigenvalue weighted by Gasteiger charge is 2.14. The Balaban J connectivity index is 2.30. The lowest BCUT2D eigenvalue weighted by Crippen LogP contribution is -2.14. The maximum absolute atomic E-state index is 12.0. The van der Waals surface area contributed by atoms with E-state index >= 15 is 0 Å². The lowest BCUT2D eigenvalue weighted by Gasteiger charge is -2.07. The molecule has 0 unspecified atom stereocenters. The van der Waals surface area contributed by atoms with Crippen molar-refractivity contribution in [3.8, 4) is 0 Å². The number of hydrogen-bond donors (Lipinski definition) is 2. The van der Waals surface area contributed by atoms with E-state index in [0.29, 0.717) is 11.4 Å². The number of rotatable bonds is 3. The number of nitrogens with two attached hydrogens (primary N) is 1. The Labute approximate surface area is 105 Å². The van der Waals surface area contributed by atoms with Crippen molar-refractivity contribution in [2.75, 3.05) is 10.5 Å². The summed E-state index contributed by atoms with van der Waals surface area (Å²) in [7, 11) is -3.65. The molecule has 0 fully saturated rings. The van der Waals surface area contributed by atoms with Gasteiger partial charge in [-0.15, -0.1) is 0 Å². The van der Waals surface area contributed by atoms with Gasteiger partial charge >= 0.3 is 0 Å². The van der Waals surface area contributed by atoms with E-state index in [2.05, 4.69) is 14.7 Å². The van der Waals surface area contributed by atoms with Crippen molar-refractivity contribution in [1.29, 1.82) is 0 Å². The molecule has 0 spiro atoms. The first kappa shape index (κ1) is 12.3. The van der Waals surface area contributed by atoms with Crippen molar-refractivity contribution in [3.63, 3.8) is 0 Å². The van der Waals surface area contributed by atoms with Crippen molar-refractivity contribution >= 4 is 21.5 Å². The predicted octanol–water partition coefficient (Wildman–Crippen LogP) is 1.17. The van der Waals surface area contributed by atoms with Gasteiger partial charge in [-0.3, -0.25) is 9.71 Å². The Morgan fingerprint density at radius 3 is 2.44 bits per heavy atom. The molecular weight excluding hydrogens is 252 g/mol. The number of sulfonamides is 1. The van der Waals surface area contributed by atoms with E-state index in [0.717, 1.165) is 0 Å². The molecule has 0 radical (unpaired) electrons. The van der Waals surface area contributed by atoms with Gasteiger partial charge in [-0.05, 0) is 31.2 Å². The van der Waals surface area contributed by atoms with Gasteiger partial charge in [0.15, 0.2) is 5.82 Å². The summed E-state index contributed by atoms with van der Waals surface area (Å²) < 4.78 is 26.4.